The van der Waals surface area contributed by atoms with Gasteiger partial charge < -0.3 is 0 Å². The highest BCUT2D eigenvalue weighted by molar-refractivity contribution is 7.94. The van der Waals surface area contributed by atoms with E-state index in [0.717, 1.165) is 17.6 Å². The largest absolute Gasteiger partial charge is 0.277 e. The van der Waals surface area contributed by atoms with Gasteiger partial charge in [0, 0.05) is 0 Å². The number of nitrogens with zero attached hydrogens (tertiary/aromatic N) is 3. The molecular formula is C12H8FN5O2S2. The van der Waals surface area contributed by atoms with Crippen LogP contribution < -0.4 is 4.72 Å². The van der Waals surface area contributed by atoms with E-state index in [1.54, 1.807) is 13.0 Å². The molecule has 0 spiro atoms. The minimum absolute atomic E-state index is 0.0440. The molecule has 3 aromatic rings. The van der Waals surface area contributed by atoms with Crippen molar-refractivity contribution in [3.8, 4) is 6.07 Å². The molecule has 0 aliphatic rings. The van der Waals surface area contributed by atoms with Crippen LogP contribution in [0.5, 0.6) is 0 Å². The lowest BCUT2D eigenvalue weighted by molar-refractivity contribution is 0.603. The number of fused-ring (bicyclic) bond motifs is 1. The molecule has 112 valence electrons. The van der Waals surface area contributed by atoms with Crippen molar-refractivity contribution in [3.63, 3.8) is 0 Å². The Morgan fingerprint density at radius 1 is 1.45 bits per heavy atom. The monoisotopic (exact) mass is 337 g/mol. The van der Waals surface area contributed by atoms with Crippen LogP contribution in [0.15, 0.2) is 22.4 Å². The summed E-state index contributed by atoms with van der Waals surface area (Å²) in [5.74, 6) is -0.656. The van der Waals surface area contributed by atoms with Gasteiger partial charge in [-0.25, -0.2) is 12.8 Å². The number of halogens is 1. The van der Waals surface area contributed by atoms with Crippen LogP contribution in [-0.4, -0.2) is 23.0 Å². The number of aromatic nitrogens is 3. The predicted octanol–water partition coefficient (Wildman–Crippen LogP) is 2.14. The van der Waals surface area contributed by atoms with Crippen LogP contribution in [0.1, 0.15) is 11.4 Å². The topological polar surface area (TPSA) is 112 Å². The zero-order valence-corrected chi connectivity index (χ0v) is 12.7. The third-order valence-electron chi connectivity index (χ3n) is 2.89. The van der Waals surface area contributed by atoms with Gasteiger partial charge in [-0.05, 0) is 36.7 Å². The van der Waals surface area contributed by atoms with Crippen molar-refractivity contribution in [1.29, 1.82) is 5.26 Å². The molecule has 0 amide bonds. The van der Waals surface area contributed by atoms with Gasteiger partial charge in [-0.15, -0.1) is 0 Å². The Kier molecular flexibility index (Phi) is 3.31. The van der Waals surface area contributed by atoms with Gasteiger partial charge in [-0.2, -0.15) is 14.7 Å². The molecule has 22 heavy (non-hydrogen) atoms. The lowest BCUT2D eigenvalue weighted by Crippen LogP contribution is -2.12. The van der Waals surface area contributed by atoms with Gasteiger partial charge in [0.1, 0.15) is 11.9 Å². The van der Waals surface area contributed by atoms with E-state index in [2.05, 4.69) is 19.3 Å². The molecule has 0 saturated carbocycles. The van der Waals surface area contributed by atoms with Gasteiger partial charge in [-0.1, -0.05) is 0 Å². The molecule has 10 heteroatoms. The molecule has 0 atom stereocenters. The number of aromatic amines is 1. The second-order valence-corrected chi connectivity index (χ2v) is 7.14. The minimum atomic E-state index is -3.84. The average molecular weight is 337 g/mol. The maximum absolute atomic E-state index is 13.8. The third-order valence-corrected chi connectivity index (χ3v) is 5.59. The van der Waals surface area contributed by atoms with Crippen molar-refractivity contribution in [1.82, 2.24) is 14.6 Å². The highest BCUT2D eigenvalue weighted by atomic mass is 32.2. The van der Waals surface area contributed by atoms with Gasteiger partial charge in [-0.3, -0.25) is 9.82 Å². The van der Waals surface area contributed by atoms with E-state index >= 15 is 0 Å². The Balaban J connectivity index is 2.11. The number of nitriles is 1. The summed E-state index contributed by atoms with van der Waals surface area (Å²) < 4.78 is 44.7. The number of anilines is 1. The maximum Gasteiger partial charge on any atom is 0.273 e. The van der Waals surface area contributed by atoms with Crippen LogP contribution in [0.25, 0.3) is 10.9 Å². The first-order valence-electron chi connectivity index (χ1n) is 5.95. The van der Waals surface area contributed by atoms with E-state index in [0.29, 0.717) is 5.69 Å². The Morgan fingerprint density at radius 2 is 2.23 bits per heavy atom. The lowest BCUT2D eigenvalue weighted by atomic mass is 10.2. The summed E-state index contributed by atoms with van der Waals surface area (Å²) in [6.45, 7) is 1.68. The number of hydrogen-bond acceptors (Lipinski definition) is 6. The van der Waals surface area contributed by atoms with E-state index in [-0.39, 0.29) is 26.5 Å². The van der Waals surface area contributed by atoms with Crippen molar-refractivity contribution in [2.24, 2.45) is 0 Å². The summed E-state index contributed by atoms with van der Waals surface area (Å²) >= 11 is 0.841. The van der Waals surface area contributed by atoms with Gasteiger partial charge in [0.15, 0.2) is 9.90 Å². The Hall–Kier alpha value is -2.51. The maximum atomic E-state index is 13.8. The average Bonchev–Trinajstić information content (AvgIpc) is 3.08. The van der Waals surface area contributed by atoms with Crippen molar-refractivity contribution < 1.29 is 12.8 Å². The fourth-order valence-electron chi connectivity index (χ4n) is 1.92. The molecule has 1 aromatic carbocycles. The molecule has 0 aliphatic carbocycles. The Morgan fingerprint density at radius 3 is 2.86 bits per heavy atom. The van der Waals surface area contributed by atoms with Gasteiger partial charge in [0.2, 0.25) is 0 Å². The number of hydrogen-bond donors (Lipinski definition) is 2. The minimum Gasteiger partial charge on any atom is -0.277 e. The zero-order valence-electron chi connectivity index (χ0n) is 11.1. The van der Waals surface area contributed by atoms with Crippen LogP contribution in [-0.2, 0) is 10.0 Å². The second kappa shape index (κ2) is 5.04. The molecule has 2 heterocycles. The molecule has 0 unspecified atom stereocenters. The highest BCUT2D eigenvalue weighted by Crippen LogP contribution is 2.29. The SMILES string of the molecule is Cc1cc(S(=O)(=O)Nc2ccc(F)c3c(C#N)n[nH]c23)sn1. The van der Waals surface area contributed by atoms with Crippen LogP contribution in [0.4, 0.5) is 10.1 Å². The number of benzene rings is 1. The van der Waals surface area contributed by atoms with Crippen LogP contribution in [0, 0.1) is 24.1 Å². The van der Waals surface area contributed by atoms with Crippen molar-refractivity contribution in [2.75, 3.05) is 4.72 Å². The summed E-state index contributed by atoms with van der Waals surface area (Å²) in [5, 5.41) is 15.0. The normalized spacial score (nSPS) is 11.5. The van der Waals surface area contributed by atoms with E-state index in [4.69, 9.17) is 5.26 Å². The fourth-order valence-corrected chi connectivity index (χ4v) is 3.95. The quantitative estimate of drug-likeness (QED) is 0.760. The molecule has 2 N–H and O–H groups in total. The van der Waals surface area contributed by atoms with Crippen molar-refractivity contribution in [2.45, 2.75) is 11.1 Å². The standard InChI is InChI=1S/C12H8FN5O2S2/c1-6-4-10(21-17-6)22(19,20)18-8-3-2-7(13)11-9(5-14)15-16-12(8)11/h2-4,18H,1H3,(H,15,16). The summed E-state index contributed by atoms with van der Waals surface area (Å²) in [6.07, 6.45) is 0. The molecule has 0 saturated heterocycles. The number of H-pyrrole nitrogens is 1. The second-order valence-electron chi connectivity index (χ2n) is 4.42. The number of sulfonamides is 1. The number of nitrogens with one attached hydrogen (secondary N) is 2. The molecule has 3 rings (SSSR count). The number of aryl methyl sites for hydroxylation is 1. The van der Waals surface area contributed by atoms with Gasteiger partial charge in [0.25, 0.3) is 10.0 Å². The molecule has 7 nitrogen and oxygen atoms in total. The highest BCUT2D eigenvalue weighted by Gasteiger charge is 2.21. The van der Waals surface area contributed by atoms with E-state index < -0.39 is 15.8 Å². The Labute approximate surface area is 128 Å². The summed E-state index contributed by atoms with van der Waals surface area (Å²) in [7, 11) is -3.84. The fraction of sp³-hybridized carbons (Fsp3) is 0.0833. The van der Waals surface area contributed by atoms with Gasteiger partial charge >= 0.3 is 0 Å². The summed E-state index contributed by atoms with van der Waals surface area (Å²) in [4.78, 5) is 0. The molecule has 0 radical (unpaired) electrons. The molecule has 0 fully saturated rings. The van der Waals surface area contributed by atoms with Crippen LogP contribution >= 0.6 is 11.5 Å². The first kappa shape index (κ1) is 14.4. The van der Waals surface area contributed by atoms with E-state index in [1.807, 2.05) is 0 Å². The molecule has 0 bridgehead atoms. The molecule has 0 aliphatic heterocycles. The molecule has 2 aromatic heterocycles. The van der Waals surface area contributed by atoms with Crippen molar-refractivity contribution in [3.05, 3.63) is 35.4 Å². The van der Waals surface area contributed by atoms with Crippen LogP contribution in [0.2, 0.25) is 0 Å². The van der Waals surface area contributed by atoms with E-state index in [9.17, 15) is 12.8 Å². The summed E-state index contributed by atoms with van der Waals surface area (Å²) in [6, 6.07) is 5.52. The van der Waals surface area contributed by atoms with Gasteiger partial charge in [0.05, 0.1) is 22.3 Å². The van der Waals surface area contributed by atoms with Crippen LogP contribution in [0.3, 0.4) is 0 Å². The smallest absolute Gasteiger partial charge is 0.273 e. The molecular weight excluding hydrogens is 329 g/mol. The number of rotatable bonds is 3. The van der Waals surface area contributed by atoms with E-state index in [1.165, 1.54) is 12.1 Å². The first-order valence-corrected chi connectivity index (χ1v) is 8.21. The Bertz CT molecular complexity index is 1020. The predicted molar refractivity (Wildman–Crippen MR) is 78.4 cm³/mol. The van der Waals surface area contributed by atoms with Crippen molar-refractivity contribution >= 4 is 38.1 Å². The zero-order chi connectivity index (χ0) is 15.9. The first-order chi connectivity index (χ1) is 10.4. The lowest BCUT2D eigenvalue weighted by Gasteiger charge is -2.07. The third kappa shape index (κ3) is 2.30. The summed E-state index contributed by atoms with van der Waals surface area (Å²) in [5.41, 5.74) is 0.669.